The summed E-state index contributed by atoms with van der Waals surface area (Å²) in [6, 6.07) is 11.8. The molecule has 2 N–H and O–H groups in total. The van der Waals surface area contributed by atoms with Crippen molar-refractivity contribution in [3.05, 3.63) is 65.5 Å². The molecule has 1 unspecified atom stereocenters. The van der Waals surface area contributed by atoms with Crippen LogP contribution in [0.4, 0.5) is 10.6 Å². The van der Waals surface area contributed by atoms with Crippen molar-refractivity contribution in [3.63, 3.8) is 0 Å². The monoisotopic (exact) mass is 376 g/mol. The first-order chi connectivity index (χ1) is 13.5. The van der Waals surface area contributed by atoms with Gasteiger partial charge in [0.2, 0.25) is 5.91 Å². The average Bonchev–Trinajstić information content (AvgIpc) is 3.15. The number of rotatable bonds is 4. The van der Waals surface area contributed by atoms with Gasteiger partial charge in [-0.2, -0.15) is 0 Å². The maximum absolute atomic E-state index is 12.6. The number of carbonyl (C=O) groups is 2. The lowest BCUT2D eigenvalue weighted by molar-refractivity contribution is -0.126. The number of ether oxygens (including phenoxy) is 1. The minimum atomic E-state index is -0.508. The van der Waals surface area contributed by atoms with Crippen LogP contribution in [0.2, 0.25) is 0 Å². The minimum Gasteiger partial charge on any atom is -0.444 e. The molecule has 0 bridgehead atoms. The molecule has 7 heteroatoms. The standard InChI is InChI=1S/C21H20N4O3/c1-13(18-10-15-5-3-4-6-17(15)23-18)25(2)19(26)8-7-14-9-16-12-28-21(27)24-20(16)22-11-14/h3-11,13,23H,12H2,1-2H3,(H,22,24,27). The zero-order valence-corrected chi connectivity index (χ0v) is 15.6. The zero-order valence-electron chi connectivity index (χ0n) is 15.6. The molecule has 0 spiro atoms. The van der Waals surface area contributed by atoms with Crippen molar-refractivity contribution >= 4 is 34.8 Å². The molecular weight excluding hydrogens is 356 g/mol. The SMILES string of the molecule is CC(c1cc2ccccc2[nH]1)N(C)C(=O)C=Cc1cnc2c(c1)COC(=O)N2. The van der Waals surface area contributed by atoms with Gasteiger partial charge in [-0.1, -0.05) is 18.2 Å². The highest BCUT2D eigenvalue weighted by Gasteiger charge is 2.18. The smallest absolute Gasteiger partial charge is 0.413 e. The number of amides is 2. The molecule has 0 radical (unpaired) electrons. The molecule has 0 fully saturated rings. The number of aromatic nitrogens is 2. The number of hydrogen-bond acceptors (Lipinski definition) is 4. The van der Waals surface area contributed by atoms with Gasteiger partial charge in [0, 0.05) is 36.1 Å². The van der Waals surface area contributed by atoms with Crippen LogP contribution in [0.5, 0.6) is 0 Å². The number of benzene rings is 1. The molecule has 0 aliphatic carbocycles. The Hall–Kier alpha value is -3.61. The van der Waals surface area contributed by atoms with Crippen molar-refractivity contribution in [3.8, 4) is 0 Å². The Morgan fingerprint density at radius 1 is 1.32 bits per heavy atom. The summed E-state index contributed by atoms with van der Waals surface area (Å²) in [5.41, 5.74) is 3.57. The number of H-pyrrole nitrogens is 1. The summed E-state index contributed by atoms with van der Waals surface area (Å²) in [6.45, 7) is 2.15. The van der Waals surface area contributed by atoms with Crippen molar-refractivity contribution in [1.82, 2.24) is 14.9 Å². The molecule has 3 heterocycles. The largest absolute Gasteiger partial charge is 0.444 e. The lowest BCUT2D eigenvalue weighted by Gasteiger charge is -2.22. The number of fused-ring (bicyclic) bond motifs is 2. The van der Waals surface area contributed by atoms with Gasteiger partial charge in [0.15, 0.2) is 0 Å². The summed E-state index contributed by atoms with van der Waals surface area (Å²) in [7, 11) is 1.78. The Balaban J connectivity index is 1.47. The molecule has 1 aliphatic rings. The molecule has 1 atom stereocenters. The summed E-state index contributed by atoms with van der Waals surface area (Å²) in [5.74, 6) is 0.373. The molecule has 3 aromatic rings. The fourth-order valence-electron chi connectivity index (χ4n) is 3.12. The van der Waals surface area contributed by atoms with E-state index in [2.05, 4.69) is 21.4 Å². The second kappa shape index (κ2) is 7.19. The maximum atomic E-state index is 12.6. The molecule has 0 saturated carbocycles. The average molecular weight is 376 g/mol. The number of nitrogens with one attached hydrogen (secondary N) is 2. The van der Waals surface area contributed by atoms with Crippen molar-refractivity contribution in [2.75, 3.05) is 12.4 Å². The zero-order chi connectivity index (χ0) is 19.7. The van der Waals surface area contributed by atoms with Gasteiger partial charge in [0.05, 0.1) is 6.04 Å². The lowest BCUT2D eigenvalue weighted by atomic mass is 10.1. The highest BCUT2D eigenvalue weighted by molar-refractivity contribution is 5.92. The molecule has 7 nitrogen and oxygen atoms in total. The highest BCUT2D eigenvalue weighted by atomic mass is 16.5. The van der Waals surface area contributed by atoms with Crippen LogP contribution in [0.3, 0.4) is 0 Å². The molecular formula is C21H20N4O3. The fourth-order valence-corrected chi connectivity index (χ4v) is 3.12. The van der Waals surface area contributed by atoms with E-state index in [4.69, 9.17) is 4.74 Å². The summed E-state index contributed by atoms with van der Waals surface area (Å²) in [4.78, 5) is 33.0. The second-order valence-electron chi connectivity index (χ2n) is 6.75. The predicted molar refractivity (Wildman–Crippen MR) is 107 cm³/mol. The Morgan fingerprint density at radius 2 is 2.14 bits per heavy atom. The van der Waals surface area contributed by atoms with Crippen LogP contribution < -0.4 is 5.32 Å². The molecule has 0 saturated heterocycles. The molecule has 1 aromatic carbocycles. The Morgan fingerprint density at radius 3 is 2.96 bits per heavy atom. The first-order valence-electron chi connectivity index (χ1n) is 8.96. The van der Waals surface area contributed by atoms with Crippen LogP contribution in [0.15, 0.2) is 48.7 Å². The van der Waals surface area contributed by atoms with E-state index in [9.17, 15) is 9.59 Å². The van der Waals surface area contributed by atoms with E-state index in [1.54, 1.807) is 24.2 Å². The van der Waals surface area contributed by atoms with E-state index in [-0.39, 0.29) is 18.6 Å². The van der Waals surface area contributed by atoms with E-state index in [0.717, 1.165) is 27.7 Å². The Bertz CT molecular complexity index is 1050. The number of likely N-dealkylation sites (N-methyl/N-ethyl adjacent to an activating group) is 1. The quantitative estimate of drug-likeness (QED) is 0.677. The van der Waals surface area contributed by atoms with Gasteiger partial charge in [0.25, 0.3) is 0 Å². The van der Waals surface area contributed by atoms with Gasteiger partial charge in [-0.15, -0.1) is 0 Å². The van der Waals surface area contributed by atoms with Gasteiger partial charge in [-0.3, -0.25) is 10.1 Å². The summed E-state index contributed by atoms with van der Waals surface area (Å²) >= 11 is 0. The number of nitrogens with zero attached hydrogens (tertiary/aromatic N) is 2. The van der Waals surface area contributed by atoms with Crippen LogP contribution >= 0.6 is 0 Å². The van der Waals surface area contributed by atoms with Gasteiger partial charge in [-0.25, -0.2) is 9.78 Å². The van der Waals surface area contributed by atoms with Crippen molar-refractivity contribution in [1.29, 1.82) is 0 Å². The fraction of sp³-hybridized carbons (Fsp3) is 0.190. The summed E-state index contributed by atoms with van der Waals surface area (Å²) in [5, 5.41) is 3.66. The van der Waals surface area contributed by atoms with Gasteiger partial charge in [-0.05, 0) is 42.1 Å². The number of pyridine rings is 1. The van der Waals surface area contributed by atoms with E-state index in [1.165, 1.54) is 6.08 Å². The number of aromatic amines is 1. The summed E-state index contributed by atoms with van der Waals surface area (Å²) < 4.78 is 4.94. The molecule has 2 amide bonds. The number of hydrogen-bond donors (Lipinski definition) is 2. The van der Waals surface area contributed by atoms with Crippen LogP contribution in [0.25, 0.3) is 17.0 Å². The number of cyclic esters (lactones) is 1. The van der Waals surface area contributed by atoms with Crippen LogP contribution in [0.1, 0.15) is 29.8 Å². The van der Waals surface area contributed by atoms with E-state index in [0.29, 0.717) is 5.82 Å². The third-order valence-electron chi connectivity index (χ3n) is 4.91. The minimum absolute atomic E-state index is 0.102. The van der Waals surface area contributed by atoms with E-state index in [1.807, 2.05) is 37.3 Å². The van der Waals surface area contributed by atoms with Crippen molar-refractivity contribution in [2.45, 2.75) is 19.6 Å². The molecule has 2 aromatic heterocycles. The van der Waals surface area contributed by atoms with E-state index >= 15 is 0 Å². The van der Waals surface area contributed by atoms with Gasteiger partial charge >= 0.3 is 6.09 Å². The highest BCUT2D eigenvalue weighted by Crippen LogP contribution is 2.24. The number of para-hydroxylation sites is 1. The second-order valence-corrected chi connectivity index (χ2v) is 6.75. The summed E-state index contributed by atoms with van der Waals surface area (Å²) in [6.07, 6.45) is 4.33. The van der Waals surface area contributed by atoms with Crippen LogP contribution in [-0.2, 0) is 16.1 Å². The molecule has 28 heavy (non-hydrogen) atoms. The third kappa shape index (κ3) is 3.46. The Labute approximate surface area is 162 Å². The van der Waals surface area contributed by atoms with Gasteiger partial charge < -0.3 is 14.6 Å². The molecule has 1 aliphatic heterocycles. The topological polar surface area (TPSA) is 87.3 Å². The van der Waals surface area contributed by atoms with Gasteiger partial charge in [0.1, 0.15) is 12.4 Å². The van der Waals surface area contributed by atoms with Crippen LogP contribution in [0, 0.1) is 0 Å². The van der Waals surface area contributed by atoms with Crippen molar-refractivity contribution < 1.29 is 14.3 Å². The van der Waals surface area contributed by atoms with E-state index < -0.39 is 6.09 Å². The first-order valence-corrected chi connectivity index (χ1v) is 8.96. The molecule has 4 rings (SSSR count). The number of carbonyl (C=O) groups excluding carboxylic acids is 2. The normalized spacial score (nSPS) is 14.4. The maximum Gasteiger partial charge on any atom is 0.413 e. The molecule has 142 valence electrons. The van der Waals surface area contributed by atoms with Crippen LogP contribution in [-0.4, -0.2) is 33.9 Å². The lowest BCUT2D eigenvalue weighted by Crippen LogP contribution is -2.28. The predicted octanol–water partition coefficient (Wildman–Crippen LogP) is 3.86. The number of anilines is 1. The van der Waals surface area contributed by atoms with Crippen molar-refractivity contribution in [2.24, 2.45) is 0 Å². The third-order valence-corrected chi connectivity index (χ3v) is 4.91. The first kappa shape index (κ1) is 17.8. The Kier molecular flexibility index (Phi) is 4.57.